The third-order valence-corrected chi connectivity index (χ3v) is 12.3. The minimum Gasteiger partial charge on any atom is -0.372 e. The maximum Gasteiger partial charge on any atom is 0.169 e. The standard InChI is InChI=1S/C54H95N2/c1-4-6-8-10-12-14-16-18-20-22-24-26-28-30-32-34-36-38-48-56(54-44-42-52(43-45-54)40-41-53-46-50-55(3)51-47-53)49-39-37-35-33-31-29-27-25-23-21-19-17-15-13-11-9-7-5-2/h40-47,50-51H,4-39,48-49H2,1-3H3/q+1. The molecule has 0 amide bonds. The first-order chi connectivity index (χ1) is 27.7. The predicted octanol–water partition coefficient (Wildman–Crippen LogP) is 17.6. The first-order valence-corrected chi connectivity index (χ1v) is 25.2. The summed E-state index contributed by atoms with van der Waals surface area (Å²) >= 11 is 0. The van der Waals surface area contributed by atoms with Crippen LogP contribution in [-0.4, -0.2) is 13.1 Å². The molecule has 0 atom stereocenters. The highest BCUT2D eigenvalue weighted by molar-refractivity contribution is 5.70. The van der Waals surface area contributed by atoms with Gasteiger partial charge in [0.25, 0.3) is 0 Å². The van der Waals surface area contributed by atoms with E-state index in [4.69, 9.17) is 0 Å². The average Bonchev–Trinajstić information content (AvgIpc) is 3.22. The van der Waals surface area contributed by atoms with Crippen LogP contribution in [0.15, 0.2) is 48.8 Å². The summed E-state index contributed by atoms with van der Waals surface area (Å²) in [5.41, 5.74) is 3.94. The van der Waals surface area contributed by atoms with Gasteiger partial charge in [0.15, 0.2) is 12.4 Å². The third kappa shape index (κ3) is 30.1. The normalized spacial score (nSPS) is 11.6. The van der Waals surface area contributed by atoms with Crippen molar-refractivity contribution >= 4 is 17.8 Å². The second-order valence-corrected chi connectivity index (χ2v) is 17.7. The number of rotatable bonds is 41. The van der Waals surface area contributed by atoms with Crippen molar-refractivity contribution in [3.63, 3.8) is 0 Å². The van der Waals surface area contributed by atoms with Gasteiger partial charge in [0.2, 0.25) is 0 Å². The van der Waals surface area contributed by atoms with Crippen LogP contribution in [0.4, 0.5) is 5.69 Å². The van der Waals surface area contributed by atoms with Crippen LogP contribution in [-0.2, 0) is 7.05 Å². The van der Waals surface area contributed by atoms with Crippen LogP contribution in [0.2, 0.25) is 0 Å². The van der Waals surface area contributed by atoms with Gasteiger partial charge in [-0.3, -0.25) is 0 Å². The molecule has 0 radical (unpaired) electrons. The lowest BCUT2D eigenvalue weighted by atomic mass is 10.0. The Morgan fingerprint density at radius 2 is 0.589 bits per heavy atom. The SMILES string of the molecule is CCCCCCCCCCCCCCCCCCCCN(CCCCCCCCCCCCCCCCCCCC)c1ccc(C=Cc2cc[n+](C)cc2)cc1. The lowest BCUT2D eigenvalue weighted by molar-refractivity contribution is -0.671. The van der Waals surface area contributed by atoms with Crippen molar-refractivity contribution in [1.29, 1.82) is 0 Å². The molecule has 1 aromatic carbocycles. The van der Waals surface area contributed by atoms with Crippen LogP contribution in [0.5, 0.6) is 0 Å². The lowest BCUT2D eigenvalue weighted by Gasteiger charge is -2.25. The van der Waals surface area contributed by atoms with E-state index in [-0.39, 0.29) is 0 Å². The Morgan fingerprint density at radius 1 is 0.339 bits per heavy atom. The summed E-state index contributed by atoms with van der Waals surface area (Å²) < 4.78 is 2.09. The van der Waals surface area contributed by atoms with E-state index >= 15 is 0 Å². The lowest BCUT2D eigenvalue weighted by Crippen LogP contribution is -2.25. The van der Waals surface area contributed by atoms with E-state index in [2.05, 4.69) is 91.3 Å². The average molecular weight is 772 g/mol. The number of aromatic nitrogens is 1. The second kappa shape index (κ2) is 38.4. The van der Waals surface area contributed by atoms with E-state index < -0.39 is 0 Å². The summed E-state index contributed by atoms with van der Waals surface area (Å²) in [4.78, 5) is 2.70. The zero-order valence-corrected chi connectivity index (χ0v) is 38.0. The van der Waals surface area contributed by atoms with Gasteiger partial charge in [-0.25, -0.2) is 4.57 Å². The van der Waals surface area contributed by atoms with Crippen LogP contribution >= 0.6 is 0 Å². The molecule has 2 nitrogen and oxygen atoms in total. The Labute approximate surface area is 351 Å². The van der Waals surface area contributed by atoms with Crippen molar-refractivity contribution in [2.24, 2.45) is 7.05 Å². The third-order valence-electron chi connectivity index (χ3n) is 12.3. The fraction of sp³-hybridized carbons (Fsp3) is 0.759. The fourth-order valence-corrected chi connectivity index (χ4v) is 8.39. The van der Waals surface area contributed by atoms with Crippen molar-refractivity contribution in [3.8, 4) is 0 Å². The highest BCUT2D eigenvalue weighted by Gasteiger charge is 2.07. The zero-order chi connectivity index (χ0) is 39.8. The Bertz CT molecular complexity index is 1060. The summed E-state index contributed by atoms with van der Waals surface area (Å²) in [6.07, 6.45) is 60.5. The van der Waals surface area contributed by atoms with Gasteiger partial charge in [-0.1, -0.05) is 256 Å². The summed E-state index contributed by atoms with van der Waals surface area (Å²) in [5.74, 6) is 0. The Kier molecular flexibility index (Phi) is 34.3. The number of nitrogens with zero attached hydrogens (tertiary/aromatic N) is 2. The highest BCUT2D eigenvalue weighted by atomic mass is 15.1. The molecule has 1 heterocycles. The number of pyridine rings is 1. The van der Waals surface area contributed by atoms with E-state index in [0.717, 1.165) is 0 Å². The van der Waals surface area contributed by atoms with Gasteiger partial charge in [-0.05, 0) is 36.1 Å². The number of anilines is 1. The van der Waals surface area contributed by atoms with Gasteiger partial charge in [0, 0.05) is 30.9 Å². The van der Waals surface area contributed by atoms with Crippen LogP contribution in [0.3, 0.4) is 0 Å². The van der Waals surface area contributed by atoms with Crippen molar-refractivity contribution in [1.82, 2.24) is 0 Å². The van der Waals surface area contributed by atoms with E-state index in [9.17, 15) is 0 Å². The first-order valence-electron chi connectivity index (χ1n) is 25.2. The monoisotopic (exact) mass is 772 g/mol. The first kappa shape index (κ1) is 50.1. The van der Waals surface area contributed by atoms with Gasteiger partial charge < -0.3 is 4.90 Å². The van der Waals surface area contributed by atoms with E-state index in [1.165, 1.54) is 261 Å². The van der Waals surface area contributed by atoms with Crippen LogP contribution in [0.25, 0.3) is 12.2 Å². The fourth-order valence-electron chi connectivity index (χ4n) is 8.39. The topological polar surface area (TPSA) is 7.12 Å². The molecule has 2 aromatic rings. The maximum absolute atomic E-state index is 2.70. The molecule has 0 aliphatic rings. The Morgan fingerprint density at radius 3 is 0.875 bits per heavy atom. The van der Waals surface area contributed by atoms with Gasteiger partial charge in [0.05, 0.1) is 0 Å². The molecule has 0 spiro atoms. The molecular formula is C54H95N2+. The number of hydrogen-bond donors (Lipinski definition) is 0. The molecule has 0 N–H and O–H groups in total. The summed E-state index contributed by atoms with van der Waals surface area (Å²) in [7, 11) is 2.07. The molecule has 320 valence electrons. The van der Waals surface area contributed by atoms with Crippen molar-refractivity contribution < 1.29 is 4.57 Å². The minimum absolute atomic E-state index is 1.20. The van der Waals surface area contributed by atoms with Crippen molar-refractivity contribution in [2.45, 2.75) is 245 Å². The summed E-state index contributed by atoms with van der Waals surface area (Å²) in [5, 5.41) is 0. The van der Waals surface area contributed by atoms with Gasteiger partial charge in [-0.2, -0.15) is 0 Å². The highest BCUT2D eigenvalue weighted by Crippen LogP contribution is 2.21. The number of benzene rings is 1. The Hall–Kier alpha value is -2.09. The number of unbranched alkanes of at least 4 members (excludes halogenated alkanes) is 34. The van der Waals surface area contributed by atoms with E-state index in [0.29, 0.717) is 0 Å². The van der Waals surface area contributed by atoms with Crippen LogP contribution < -0.4 is 9.47 Å². The van der Waals surface area contributed by atoms with Gasteiger partial charge in [-0.15, -0.1) is 0 Å². The van der Waals surface area contributed by atoms with Crippen LogP contribution in [0, 0.1) is 0 Å². The zero-order valence-electron chi connectivity index (χ0n) is 38.0. The molecular weight excluding hydrogens is 677 g/mol. The number of hydrogen-bond acceptors (Lipinski definition) is 1. The summed E-state index contributed by atoms with van der Waals surface area (Å²) in [6.45, 7) is 7.03. The minimum atomic E-state index is 1.20. The Balaban J connectivity index is 1.57. The van der Waals surface area contributed by atoms with Gasteiger partial charge >= 0.3 is 0 Å². The number of aryl methyl sites for hydroxylation is 1. The molecule has 0 bridgehead atoms. The van der Waals surface area contributed by atoms with Gasteiger partial charge in [0.1, 0.15) is 7.05 Å². The molecule has 0 unspecified atom stereocenters. The summed E-state index contributed by atoms with van der Waals surface area (Å²) in [6, 6.07) is 13.7. The molecule has 0 aliphatic heterocycles. The second-order valence-electron chi connectivity index (χ2n) is 17.7. The molecule has 2 heteroatoms. The van der Waals surface area contributed by atoms with Crippen LogP contribution in [0.1, 0.15) is 256 Å². The molecule has 1 aromatic heterocycles. The van der Waals surface area contributed by atoms with Crippen molar-refractivity contribution in [3.05, 3.63) is 59.9 Å². The molecule has 0 fully saturated rings. The van der Waals surface area contributed by atoms with E-state index in [1.807, 2.05) is 0 Å². The largest absolute Gasteiger partial charge is 0.372 e. The molecule has 0 saturated carbocycles. The van der Waals surface area contributed by atoms with Crippen molar-refractivity contribution in [2.75, 3.05) is 18.0 Å². The molecule has 2 rings (SSSR count). The molecule has 0 aliphatic carbocycles. The molecule has 0 saturated heterocycles. The molecule has 56 heavy (non-hydrogen) atoms. The quantitative estimate of drug-likeness (QED) is 0.0482. The smallest absolute Gasteiger partial charge is 0.169 e. The maximum atomic E-state index is 2.70. The van der Waals surface area contributed by atoms with E-state index in [1.54, 1.807) is 0 Å². The predicted molar refractivity (Wildman–Crippen MR) is 253 cm³/mol.